The number of halogens is 2. The van der Waals surface area contributed by atoms with Crippen molar-refractivity contribution in [1.82, 2.24) is 15.5 Å². The Hall–Kier alpha value is -2.44. The number of hydrogen-bond acceptors (Lipinski definition) is 3. The molecule has 138 valence electrons. The number of aliphatic hydroxyl groups is 1. The number of carbonyl (C=O) groups is 1. The van der Waals surface area contributed by atoms with Crippen LogP contribution in [0.4, 0.5) is 4.39 Å². The highest BCUT2D eigenvalue weighted by Gasteiger charge is 2.62. The number of nitrogens with zero attached hydrogens (tertiary/aromatic N) is 1. The van der Waals surface area contributed by atoms with Crippen molar-refractivity contribution in [1.29, 1.82) is 0 Å². The third kappa shape index (κ3) is 2.71. The van der Waals surface area contributed by atoms with Gasteiger partial charge < -0.3 is 10.4 Å². The molecule has 0 radical (unpaired) electrons. The highest BCUT2D eigenvalue weighted by molar-refractivity contribution is 6.31. The van der Waals surface area contributed by atoms with Gasteiger partial charge in [-0.3, -0.25) is 9.89 Å². The van der Waals surface area contributed by atoms with E-state index >= 15 is 0 Å². The molecule has 2 fully saturated rings. The van der Waals surface area contributed by atoms with Crippen LogP contribution in [0, 0.1) is 17.7 Å². The van der Waals surface area contributed by atoms with E-state index in [1.165, 1.54) is 18.2 Å². The van der Waals surface area contributed by atoms with Crippen LogP contribution in [0.25, 0.3) is 10.9 Å². The fourth-order valence-electron chi connectivity index (χ4n) is 4.56. The Morgan fingerprint density at radius 3 is 2.81 bits per heavy atom. The number of hydrogen-bond donors (Lipinski definition) is 3. The fraction of sp³-hybridized carbons (Fsp3) is 0.300. The lowest BCUT2D eigenvalue weighted by atomic mass is 9.86. The average Bonchev–Trinajstić information content (AvgIpc) is 3.01. The smallest absolute Gasteiger partial charge is 0.251 e. The highest BCUT2D eigenvalue weighted by Crippen LogP contribution is 2.60. The molecule has 3 N–H and O–H groups in total. The van der Waals surface area contributed by atoms with Gasteiger partial charge in [0.15, 0.2) is 0 Å². The summed E-state index contributed by atoms with van der Waals surface area (Å²) in [5.74, 6) is -0.308. The minimum Gasteiger partial charge on any atom is -0.385 e. The summed E-state index contributed by atoms with van der Waals surface area (Å²) in [5.41, 5.74) is 0.899. The molecule has 27 heavy (non-hydrogen) atoms. The number of aromatic amines is 1. The van der Waals surface area contributed by atoms with Gasteiger partial charge in [-0.1, -0.05) is 17.7 Å². The Morgan fingerprint density at radius 1 is 1.30 bits per heavy atom. The number of fused-ring (bicyclic) bond motifs is 2. The van der Waals surface area contributed by atoms with E-state index in [-0.39, 0.29) is 23.8 Å². The predicted octanol–water partition coefficient (Wildman–Crippen LogP) is 3.38. The van der Waals surface area contributed by atoms with Gasteiger partial charge in [-0.2, -0.15) is 5.10 Å². The van der Waals surface area contributed by atoms with Crippen LogP contribution in [0.5, 0.6) is 0 Å². The van der Waals surface area contributed by atoms with Crippen LogP contribution in [0.1, 0.15) is 28.8 Å². The molecule has 2 aliphatic rings. The minimum absolute atomic E-state index is 0.0140. The van der Waals surface area contributed by atoms with Gasteiger partial charge in [0.1, 0.15) is 5.82 Å². The van der Waals surface area contributed by atoms with Crippen LogP contribution in [-0.4, -0.2) is 27.3 Å². The zero-order valence-electron chi connectivity index (χ0n) is 14.2. The lowest BCUT2D eigenvalue weighted by Gasteiger charge is -2.27. The first kappa shape index (κ1) is 16.7. The van der Waals surface area contributed by atoms with Gasteiger partial charge in [0, 0.05) is 22.0 Å². The van der Waals surface area contributed by atoms with E-state index in [0.717, 1.165) is 16.5 Å². The average molecular weight is 386 g/mol. The monoisotopic (exact) mass is 385 g/mol. The molecule has 4 atom stereocenters. The fourth-order valence-corrected chi connectivity index (χ4v) is 4.78. The Morgan fingerprint density at radius 2 is 2.07 bits per heavy atom. The Labute approximate surface area is 159 Å². The second kappa shape index (κ2) is 5.78. The van der Waals surface area contributed by atoms with Crippen molar-refractivity contribution in [3.63, 3.8) is 0 Å². The molecule has 0 aliphatic heterocycles. The van der Waals surface area contributed by atoms with E-state index in [2.05, 4.69) is 15.5 Å². The van der Waals surface area contributed by atoms with Crippen LogP contribution in [0.2, 0.25) is 5.02 Å². The van der Waals surface area contributed by atoms with Crippen molar-refractivity contribution in [2.45, 2.75) is 24.5 Å². The SMILES string of the molecule is O=C(N[C@@H]1[C@@H]2C[C@@](O)(c3cc(Cl)cc4[nH]ncc34)C[C@@H]21)c1cccc(F)c1. The van der Waals surface area contributed by atoms with Crippen molar-refractivity contribution in [3.05, 3.63) is 64.6 Å². The summed E-state index contributed by atoms with van der Waals surface area (Å²) in [6, 6.07) is 9.25. The zero-order chi connectivity index (χ0) is 18.8. The largest absolute Gasteiger partial charge is 0.385 e. The molecule has 2 aromatic carbocycles. The summed E-state index contributed by atoms with van der Waals surface area (Å²) < 4.78 is 13.3. The van der Waals surface area contributed by atoms with E-state index in [9.17, 15) is 14.3 Å². The number of nitrogens with one attached hydrogen (secondary N) is 2. The van der Waals surface area contributed by atoms with Crippen molar-refractivity contribution in [3.8, 4) is 0 Å². The topological polar surface area (TPSA) is 78.0 Å². The Balaban J connectivity index is 1.33. The van der Waals surface area contributed by atoms with E-state index < -0.39 is 11.4 Å². The number of amides is 1. The summed E-state index contributed by atoms with van der Waals surface area (Å²) in [7, 11) is 0. The van der Waals surface area contributed by atoms with E-state index in [4.69, 9.17) is 11.6 Å². The van der Waals surface area contributed by atoms with Gasteiger partial charge in [-0.25, -0.2) is 4.39 Å². The van der Waals surface area contributed by atoms with Crippen molar-refractivity contribution in [2.24, 2.45) is 11.8 Å². The molecule has 0 unspecified atom stereocenters. The van der Waals surface area contributed by atoms with Crippen molar-refractivity contribution < 1.29 is 14.3 Å². The molecular formula is C20H17ClFN3O2. The quantitative estimate of drug-likeness (QED) is 0.646. The Bertz CT molecular complexity index is 1050. The lowest BCUT2D eigenvalue weighted by Crippen LogP contribution is -2.33. The minimum atomic E-state index is -0.984. The van der Waals surface area contributed by atoms with Gasteiger partial charge in [-0.15, -0.1) is 0 Å². The number of benzene rings is 2. The zero-order valence-corrected chi connectivity index (χ0v) is 15.0. The number of aromatic nitrogens is 2. The first-order valence-corrected chi connectivity index (χ1v) is 9.24. The van der Waals surface area contributed by atoms with Crippen molar-refractivity contribution >= 4 is 28.4 Å². The lowest BCUT2D eigenvalue weighted by molar-refractivity contribution is 0.0293. The normalized spacial score (nSPS) is 28.9. The molecule has 0 bridgehead atoms. The molecule has 7 heteroatoms. The third-order valence-electron chi connectivity index (χ3n) is 5.89. The Kier molecular flexibility index (Phi) is 3.58. The van der Waals surface area contributed by atoms with Crippen LogP contribution < -0.4 is 5.32 Å². The summed E-state index contributed by atoms with van der Waals surface area (Å²) >= 11 is 6.20. The molecule has 5 rings (SSSR count). The number of H-pyrrole nitrogens is 1. The third-order valence-corrected chi connectivity index (χ3v) is 6.11. The summed E-state index contributed by atoms with van der Waals surface area (Å²) in [6.07, 6.45) is 2.80. The van der Waals surface area contributed by atoms with Gasteiger partial charge >= 0.3 is 0 Å². The molecule has 5 nitrogen and oxygen atoms in total. The van der Waals surface area contributed by atoms with Gasteiger partial charge in [0.05, 0.1) is 17.3 Å². The van der Waals surface area contributed by atoms with E-state index in [0.29, 0.717) is 23.4 Å². The second-order valence-electron chi connectivity index (χ2n) is 7.56. The van der Waals surface area contributed by atoms with Crippen LogP contribution in [0.15, 0.2) is 42.6 Å². The summed E-state index contributed by atoms with van der Waals surface area (Å²) in [5, 5.41) is 22.6. The van der Waals surface area contributed by atoms with E-state index in [1.807, 2.05) is 0 Å². The predicted molar refractivity (Wildman–Crippen MR) is 98.9 cm³/mol. The van der Waals surface area contributed by atoms with Gasteiger partial charge in [0.25, 0.3) is 5.91 Å². The van der Waals surface area contributed by atoms with Crippen LogP contribution >= 0.6 is 11.6 Å². The number of carbonyl (C=O) groups excluding carboxylic acids is 1. The molecule has 2 aliphatic carbocycles. The molecule has 1 aromatic heterocycles. The molecular weight excluding hydrogens is 369 g/mol. The summed E-state index contributed by atoms with van der Waals surface area (Å²) in [4.78, 5) is 12.3. The highest BCUT2D eigenvalue weighted by atomic mass is 35.5. The van der Waals surface area contributed by atoms with Gasteiger partial charge in [-0.05, 0) is 60.6 Å². The second-order valence-corrected chi connectivity index (χ2v) is 8.00. The molecule has 1 heterocycles. The molecule has 0 spiro atoms. The maximum absolute atomic E-state index is 13.3. The summed E-state index contributed by atoms with van der Waals surface area (Å²) in [6.45, 7) is 0. The molecule has 0 saturated heterocycles. The first-order valence-electron chi connectivity index (χ1n) is 8.86. The maximum atomic E-state index is 13.3. The number of rotatable bonds is 3. The van der Waals surface area contributed by atoms with E-state index in [1.54, 1.807) is 24.4 Å². The standard InChI is InChI=1S/C20H17ClFN3O2/c21-11-5-16(15-9-23-25-17(15)6-11)20(27)7-13-14(8-20)18(13)24-19(26)10-2-1-3-12(22)4-10/h1-6,9,13-14,18,27H,7-8H2,(H,23,25)(H,24,26)/t13-,14+,18-,20+. The molecule has 1 amide bonds. The maximum Gasteiger partial charge on any atom is 0.251 e. The molecule has 3 aromatic rings. The first-order chi connectivity index (χ1) is 12.9. The van der Waals surface area contributed by atoms with Crippen molar-refractivity contribution in [2.75, 3.05) is 0 Å². The molecule has 2 saturated carbocycles. The van der Waals surface area contributed by atoms with Crippen LogP contribution in [-0.2, 0) is 5.60 Å². The van der Waals surface area contributed by atoms with Crippen LogP contribution in [0.3, 0.4) is 0 Å². The van der Waals surface area contributed by atoms with Gasteiger partial charge in [0.2, 0.25) is 0 Å².